The molecule has 0 aromatic carbocycles. The van der Waals surface area contributed by atoms with Gasteiger partial charge in [-0.3, -0.25) is 9.59 Å². The Morgan fingerprint density at radius 3 is 2.91 bits per heavy atom. The van der Waals surface area contributed by atoms with E-state index in [1.165, 1.54) is 29.9 Å². The average molecular weight is 320 g/mol. The molecule has 1 aromatic heterocycles. The van der Waals surface area contributed by atoms with Crippen molar-refractivity contribution in [3.05, 3.63) is 28.2 Å². The van der Waals surface area contributed by atoms with Crippen LogP contribution in [0.15, 0.2) is 27.8 Å². The normalized spacial score (nSPS) is 17.9. The highest BCUT2D eigenvalue weighted by atomic mass is 32.2. The molecule has 1 aromatic rings. The number of hydrogen-bond acceptors (Lipinski definition) is 5. The van der Waals surface area contributed by atoms with E-state index in [-0.39, 0.29) is 23.0 Å². The van der Waals surface area contributed by atoms with Gasteiger partial charge in [0.05, 0.1) is 5.75 Å². The SMILES string of the molecule is Nc1cc(=O)[nH]c(SCC(=O)N(C2=CCCCC2)C2CC2)n1. The number of carbonyl (C=O) groups excluding carboxylic acids is 1. The number of aromatic nitrogens is 2. The Balaban J connectivity index is 1.66. The van der Waals surface area contributed by atoms with E-state index in [2.05, 4.69) is 16.0 Å². The number of nitrogen functional groups attached to an aromatic ring is 1. The Kier molecular flexibility index (Phi) is 4.52. The highest BCUT2D eigenvalue weighted by molar-refractivity contribution is 7.99. The van der Waals surface area contributed by atoms with Crippen LogP contribution in [-0.2, 0) is 4.79 Å². The highest BCUT2D eigenvalue weighted by Gasteiger charge is 2.34. The maximum atomic E-state index is 12.6. The van der Waals surface area contributed by atoms with Crippen molar-refractivity contribution >= 4 is 23.5 Å². The van der Waals surface area contributed by atoms with E-state index >= 15 is 0 Å². The van der Waals surface area contributed by atoms with Crippen molar-refractivity contribution in [1.29, 1.82) is 0 Å². The van der Waals surface area contributed by atoms with Crippen LogP contribution >= 0.6 is 11.8 Å². The molecular formula is C15H20N4O2S. The van der Waals surface area contributed by atoms with Gasteiger partial charge in [0.25, 0.3) is 5.56 Å². The van der Waals surface area contributed by atoms with Crippen LogP contribution in [0.25, 0.3) is 0 Å². The first-order chi connectivity index (χ1) is 10.6. The van der Waals surface area contributed by atoms with Crippen LogP contribution in [0.3, 0.4) is 0 Å². The number of hydrogen-bond donors (Lipinski definition) is 2. The maximum absolute atomic E-state index is 12.6. The third kappa shape index (κ3) is 3.71. The Labute approximate surface area is 133 Å². The van der Waals surface area contributed by atoms with Crippen LogP contribution in [-0.4, -0.2) is 32.6 Å². The molecule has 6 nitrogen and oxygen atoms in total. The number of carbonyl (C=O) groups is 1. The molecule has 118 valence electrons. The summed E-state index contributed by atoms with van der Waals surface area (Å²) in [6, 6.07) is 1.60. The maximum Gasteiger partial charge on any atom is 0.253 e. The summed E-state index contributed by atoms with van der Waals surface area (Å²) in [5.41, 5.74) is 6.43. The van der Waals surface area contributed by atoms with E-state index in [1.54, 1.807) is 0 Å². The fourth-order valence-corrected chi connectivity index (χ4v) is 3.43. The summed E-state index contributed by atoms with van der Waals surface area (Å²) in [4.78, 5) is 32.5. The summed E-state index contributed by atoms with van der Waals surface area (Å²) >= 11 is 1.23. The first-order valence-electron chi connectivity index (χ1n) is 7.64. The quantitative estimate of drug-likeness (QED) is 0.638. The van der Waals surface area contributed by atoms with Crippen LogP contribution in [0, 0.1) is 0 Å². The van der Waals surface area contributed by atoms with Crippen LogP contribution < -0.4 is 11.3 Å². The molecular weight excluding hydrogens is 300 g/mol. The molecule has 0 bridgehead atoms. The molecule has 1 fully saturated rings. The van der Waals surface area contributed by atoms with E-state index in [4.69, 9.17) is 5.73 Å². The summed E-state index contributed by atoms with van der Waals surface area (Å²) in [5, 5.41) is 0.395. The minimum absolute atomic E-state index is 0.0886. The zero-order chi connectivity index (χ0) is 15.5. The van der Waals surface area contributed by atoms with E-state index in [0.717, 1.165) is 32.1 Å². The molecule has 0 radical (unpaired) electrons. The number of nitrogens with two attached hydrogens (primary N) is 1. The minimum atomic E-state index is -0.295. The fraction of sp³-hybridized carbons (Fsp3) is 0.533. The molecule has 0 saturated heterocycles. The zero-order valence-corrected chi connectivity index (χ0v) is 13.2. The number of aromatic amines is 1. The summed E-state index contributed by atoms with van der Waals surface area (Å²) in [5.74, 6) is 0.527. The van der Waals surface area contributed by atoms with Gasteiger partial charge in [-0.15, -0.1) is 0 Å². The van der Waals surface area contributed by atoms with E-state index < -0.39 is 0 Å². The van der Waals surface area contributed by atoms with E-state index in [9.17, 15) is 9.59 Å². The summed E-state index contributed by atoms with van der Waals surface area (Å²) in [6.07, 6.45) is 8.77. The molecule has 3 N–H and O–H groups in total. The highest BCUT2D eigenvalue weighted by Crippen LogP contribution is 2.34. The molecule has 0 spiro atoms. The van der Waals surface area contributed by atoms with Gasteiger partial charge in [-0.05, 0) is 38.5 Å². The van der Waals surface area contributed by atoms with Crippen molar-refractivity contribution in [3.63, 3.8) is 0 Å². The Morgan fingerprint density at radius 1 is 1.45 bits per heavy atom. The second-order valence-corrected chi connectivity index (χ2v) is 6.66. The van der Waals surface area contributed by atoms with Crippen molar-refractivity contribution in [2.24, 2.45) is 0 Å². The average Bonchev–Trinajstić information content (AvgIpc) is 3.30. The van der Waals surface area contributed by atoms with Gasteiger partial charge >= 0.3 is 0 Å². The van der Waals surface area contributed by atoms with Crippen LogP contribution in [0.4, 0.5) is 5.82 Å². The topological polar surface area (TPSA) is 92.1 Å². The first kappa shape index (κ1) is 15.1. The molecule has 1 saturated carbocycles. The number of rotatable bonds is 5. The smallest absolute Gasteiger partial charge is 0.253 e. The fourth-order valence-electron chi connectivity index (χ4n) is 2.69. The monoisotopic (exact) mass is 320 g/mol. The van der Waals surface area contributed by atoms with Crippen molar-refractivity contribution in [3.8, 4) is 0 Å². The van der Waals surface area contributed by atoms with E-state index in [0.29, 0.717) is 11.2 Å². The number of nitrogens with one attached hydrogen (secondary N) is 1. The summed E-state index contributed by atoms with van der Waals surface area (Å²) in [6.45, 7) is 0. The molecule has 2 aliphatic carbocycles. The predicted molar refractivity (Wildman–Crippen MR) is 86.4 cm³/mol. The second-order valence-electron chi connectivity index (χ2n) is 5.70. The van der Waals surface area contributed by atoms with Crippen molar-refractivity contribution in [1.82, 2.24) is 14.9 Å². The molecule has 0 unspecified atom stereocenters. The molecule has 0 aliphatic heterocycles. The Bertz CT molecular complexity index is 651. The molecule has 1 amide bonds. The van der Waals surface area contributed by atoms with Gasteiger partial charge in [-0.1, -0.05) is 17.8 Å². The largest absolute Gasteiger partial charge is 0.383 e. The number of H-pyrrole nitrogens is 1. The summed E-state index contributed by atoms with van der Waals surface area (Å²) < 4.78 is 0. The van der Waals surface area contributed by atoms with Crippen molar-refractivity contribution < 1.29 is 4.79 Å². The molecule has 1 heterocycles. The van der Waals surface area contributed by atoms with Gasteiger partial charge in [0.1, 0.15) is 5.82 Å². The first-order valence-corrected chi connectivity index (χ1v) is 8.63. The Hall–Kier alpha value is -1.76. The Morgan fingerprint density at radius 2 is 2.27 bits per heavy atom. The van der Waals surface area contributed by atoms with E-state index in [1.807, 2.05) is 4.90 Å². The van der Waals surface area contributed by atoms with Crippen molar-refractivity contribution in [2.75, 3.05) is 11.5 Å². The lowest BCUT2D eigenvalue weighted by atomic mass is 10.0. The lowest BCUT2D eigenvalue weighted by Crippen LogP contribution is -2.34. The molecule has 7 heteroatoms. The van der Waals surface area contributed by atoms with Gasteiger partial charge in [-0.2, -0.15) is 0 Å². The molecule has 22 heavy (non-hydrogen) atoms. The van der Waals surface area contributed by atoms with Gasteiger partial charge in [0.15, 0.2) is 5.16 Å². The van der Waals surface area contributed by atoms with Gasteiger partial charge in [0.2, 0.25) is 5.91 Å². The third-order valence-electron chi connectivity index (χ3n) is 3.83. The molecule has 2 aliphatic rings. The standard InChI is InChI=1S/C15H20N4O2S/c16-12-8-13(20)18-15(17-12)22-9-14(21)19(11-6-7-11)10-4-2-1-3-5-10/h4,8,11H,1-3,5-7,9H2,(H3,16,17,18,20). The molecule has 3 rings (SSSR count). The van der Waals surface area contributed by atoms with Crippen LogP contribution in [0.1, 0.15) is 38.5 Å². The number of thioether (sulfide) groups is 1. The number of allylic oxidation sites excluding steroid dienone is 2. The number of amides is 1. The third-order valence-corrected chi connectivity index (χ3v) is 4.69. The van der Waals surface area contributed by atoms with Crippen LogP contribution in [0.2, 0.25) is 0 Å². The number of nitrogens with zero attached hydrogens (tertiary/aromatic N) is 2. The van der Waals surface area contributed by atoms with Gasteiger partial charge in [0, 0.05) is 17.8 Å². The van der Waals surface area contributed by atoms with Crippen molar-refractivity contribution in [2.45, 2.75) is 49.7 Å². The van der Waals surface area contributed by atoms with Gasteiger partial charge < -0.3 is 15.6 Å². The number of anilines is 1. The second kappa shape index (κ2) is 6.56. The van der Waals surface area contributed by atoms with Gasteiger partial charge in [-0.25, -0.2) is 4.98 Å². The van der Waals surface area contributed by atoms with Crippen LogP contribution in [0.5, 0.6) is 0 Å². The zero-order valence-electron chi connectivity index (χ0n) is 12.4. The lowest BCUT2D eigenvalue weighted by molar-refractivity contribution is -0.127. The lowest BCUT2D eigenvalue weighted by Gasteiger charge is -2.27. The molecule has 0 atom stereocenters. The minimum Gasteiger partial charge on any atom is -0.383 e. The summed E-state index contributed by atoms with van der Waals surface area (Å²) in [7, 11) is 0. The predicted octanol–water partition coefficient (Wildman–Crippen LogP) is 1.89.